The van der Waals surface area contributed by atoms with Crippen molar-refractivity contribution in [2.45, 2.75) is 19.2 Å². The van der Waals surface area contributed by atoms with Gasteiger partial charge in [-0.2, -0.15) is 0 Å². The second-order valence-corrected chi connectivity index (χ2v) is 8.13. The van der Waals surface area contributed by atoms with Gasteiger partial charge in [0.1, 0.15) is 11.2 Å². The Morgan fingerprint density at radius 1 is 1.31 bits per heavy atom. The van der Waals surface area contributed by atoms with Crippen LogP contribution in [0.1, 0.15) is 33.1 Å². The van der Waals surface area contributed by atoms with Crippen molar-refractivity contribution in [3.05, 3.63) is 57.5 Å². The minimum absolute atomic E-state index is 0.0297. The molecular formula is C19H21FN2O2S2. The van der Waals surface area contributed by atoms with Gasteiger partial charge in [-0.25, -0.2) is 4.39 Å². The fraction of sp³-hybridized carbons (Fsp3) is 0.368. The molecule has 1 fully saturated rings. The largest absolute Gasteiger partial charge is 0.337 e. The van der Waals surface area contributed by atoms with Crippen LogP contribution in [0.3, 0.4) is 0 Å². The third-order valence-electron chi connectivity index (χ3n) is 4.47. The van der Waals surface area contributed by atoms with Gasteiger partial charge >= 0.3 is 0 Å². The van der Waals surface area contributed by atoms with Crippen molar-refractivity contribution in [1.29, 1.82) is 0 Å². The monoisotopic (exact) mass is 392 g/mol. The molecule has 0 aliphatic carbocycles. The minimum Gasteiger partial charge on any atom is -0.337 e. The molecule has 1 atom stereocenters. The predicted molar refractivity (Wildman–Crippen MR) is 104 cm³/mol. The zero-order chi connectivity index (χ0) is 18.7. The van der Waals surface area contributed by atoms with E-state index in [-0.39, 0.29) is 23.0 Å². The van der Waals surface area contributed by atoms with Crippen molar-refractivity contribution in [3.8, 4) is 0 Å². The maximum atomic E-state index is 13.1. The molecular weight excluding hydrogens is 371 g/mol. The van der Waals surface area contributed by atoms with Gasteiger partial charge in [0.25, 0.3) is 5.91 Å². The third-order valence-corrected chi connectivity index (χ3v) is 6.91. The van der Waals surface area contributed by atoms with E-state index in [9.17, 15) is 14.0 Å². The second kappa shape index (κ2) is 8.22. The molecule has 2 amide bonds. The smallest absolute Gasteiger partial charge is 0.253 e. The Morgan fingerprint density at radius 2 is 2.04 bits per heavy atom. The molecule has 1 aliphatic rings. The molecule has 1 saturated heterocycles. The zero-order valence-corrected chi connectivity index (χ0v) is 16.4. The van der Waals surface area contributed by atoms with E-state index in [0.29, 0.717) is 31.0 Å². The normalized spacial score (nSPS) is 17.0. The van der Waals surface area contributed by atoms with Crippen LogP contribution in [0.25, 0.3) is 0 Å². The van der Waals surface area contributed by atoms with Crippen molar-refractivity contribution >= 4 is 34.9 Å². The van der Waals surface area contributed by atoms with E-state index < -0.39 is 0 Å². The van der Waals surface area contributed by atoms with Gasteiger partial charge in [-0.15, -0.1) is 23.1 Å². The van der Waals surface area contributed by atoms with Crippen molar-refractivity contribution in [3.63, 3.8) is 0 Å². The van der Waals surface area contributed by atoms with Gasteiger partial charge in [0.05, 0.1) is 5.75 Å². The van der Waals surface area contributed by atoms with Gasteiger partial charge in [0.2, 0.25) is 5.91 Å². The molecule has 1 unspecified atom stereocenters. The number of benzene rings is 1. The summed E-state index contributed by atoms with van der Waals surface area (Å²) in [6.07, 6.45) is 0. The molecule has 2 heterocycles. The first kappa shape index (κ1) is 18.9. The molecule has 0 N–H and O–H groups in total. The van der Waals surface area contributed by atoms with Gasteiger partial charge in [0, 0.05) is 30.1 Å². The highest BCUT2D eigenvalue weighted by Gasteiger charge is 2.34. The third kappa shape index (κ3) is 3.94. The number of halogens is 1. The van der Waals surface area contributed by atoms with Crippen LogP contribution in [-0.4, -0.2) is 47.0 Å². The Bertz CT molecular complexity index is 791. The van der Waals surface area contributed by atoms with Crippen LogP contribution in [0.15, 0.2) is 35.7 Å². The Hall–Kier alpha value is -1.86. The van der Waals surface area contributed by atoms with Crippen LogP contribution < -0.4 is 0 Å². The molecule has 0 bridgehead atoms. The van der Waals surface area contributed by atoms with Crippen LogP contribution in [-0.2, 0) is 4.79 Å². The van der Waals surface area contributed by atoms with Gasteiger partial charge in [0.15, 0.2) is 0 Å². The van der Waals surface area contributed by atoms with E-state index >= 15 is 0 Å². The summed E-state index contributed by atoms with van der Waals surface area (Å²) in [5.41, 5.74) is 1.66. The number of carbonyl (C=O) groups excluding carboxylic acids is 2. The number of likely N-dealkylation sites (N-methyl/N-ethyl adjacent to an activating group) is 1. The fourth-order valence-electron chi connectivity index (χ4n) is 2.96. The Morgan fingerprint density at radius 3 is 2.65 bits per heavy atom. The minimum atomic E-state index is -0.363. The lowest BCUT2D eigenvalue weighted by Gasteiger charge is -2.28. The highest BCUT2D eigenvalue weighted by molar-refractivity contribution is 8.00. The second-order valence-electron chi connectivity index (χ2n) is 6.11. The SMILES string of the molecule is CCN(CCN1C(=O)CSC1c1sccc1C)C(=O)c1ccc(F)cc1. The molecule has 138 valence electrons. The van der Waals surface area contributed by atoms with E-state index in [1.807, 2.05) is 17.2 Å². The number of thiophene rings is 1. The Balaban J connectivity index is 1.68. The molecule has 0 spiro atoms. The van der Waals surface area contributed by atoms with E-state index in [1.54, 1.807) is 28.0 Å². The Labute approximate surface area is 161 Å². The number of aryl methyl sites for hydroxylation is 1. The first-order chi connectivity index (χ1) is 12.5. The highest BCUT2D eigenvalue weighted by Crippen LogP contribution is 2.42. The number of carbonyl (C=O) groups is 2. The number of hydrogen-bond acceptors (Lipinski definition) is 4. The van der Waals surface area contributed by atoms with Crippen LogP contribution in [0.2, 0.25) is 0 Å². The first-order valence-corrected chi connectivity index (χ1v) is 10.4. The number of rotatable bonds is 6. The zero-order valence-electron chi connectivity index (χ0n) is 14.8. The summed E-state index contributed by atoms with van der Waals surface area (Å²) in [5, 5.41) is 2.07. The van der Waals surface area contributed by atoms with E-state index in [0.717, 1.165) is 0 Å². The van der Waals surface area contributed by atoms with E-state index in [1.165, 1.54) is 34.7 Å². The maximum Gasteiger partial charge on any atom is 0.253 e. The maximum absolute atomic E-state index is 13.1. The summed E-state index contributed by atoms with van der Waals surface area (Å²) in [7, 11) is 0. The van der Waals surface area contributed by atoms with E-state index in [2.05, 4.69) is 13.0 Å². The summed E-state index contributed by atoms with van der Waals surface area (Å²) in [6, 6.07) is 7.64. The lowest BCUT2D eigenvalue weighted by atomic mass is 10.2. The van der Waals surface area contributed by atoms with Gasteiger partial charge in [-0.3, -0.25) is 9.59 Å². The summed E-state index contributed by atoms with van der Waals surface area (Å²) >= 11 is 3.30. The van der Waals surface area contributed by atoms with E-state index in [4.69, 9.17) is 0 Å². The molecule has 4 nitrogen and oxygen atoms in total. The molecule has 1 aromatic carbocycles. The Kier molecular flexibility index (Phi) is 5.98. The standard InChI is InChI=1S/C19H21FN2O2S2/c1-3-21(18(24)14-4-6-15(20)7-5-14)9-10-22-16(23)12-26-19(22)17-13(2)8-11-25-17/h4-8,11,19H,3,9-10,12H2,1-2H3. The molecule has 1 aromatic heterocycles. The first-order valence-electron chi connectivity index (χ1n) is 8.51. The summed E-state index contributed by atoms with van der Waals surface area (Å²) < 4.78 is 13.1. The van der Waals surface area contributed by atoms with Crippen LogP contribution >= 0.6 is 23.1 Å². The van der Waals surface area contributed by atoms with Crippen molar-refractivity contribution < 1.29 is 14.0 Å². The average molecular weight is 393 g/mol. The summed E-state index contributed by atoms with van der Waals surface area (Å²) in [5.74, 6) is 0.0761. The van der Waals surface area contributed by atoms with Crippen molar-refractivity contribution in [2.75, 3.05) is 25.4 Å². The molecule has 2 aromatic rings. The van der Waals surface area contributed by atoms with Gasteiger partial charge < -0.3 is 9.80 Å². The van der Waals surface area contributed by atoms with Crippen LogP contribution in [0.4, 0.5) is 4.39 Å². The number of amides is 2. The molecule has 3 rings (SSSR count). The summed E-state index contributed by atoms with van der Waals surface area (Å²) in [4.78, 5) is 29.7. The molecule has 0 saturated carbocycles. The average Bonchev–Trinajstić information content (AvgIpc) is 3.21. The van der Waals surface area contributed by atoms with Crippen LogP contribution in [0.5, 0.6) is 0 Å². The molecule has 26 heavy (non-hydrogen) atoms. The lowest BCUT2D eigenvalue weighted by Crippen LogP contribution is -2.40. The van der Waals surface area contributed by atoms with Crippen LogP contribution in [0, 0.1) is 12.7 Å². The highest BCUT2D eigenvalue weighted by atomic mass is 32.2. The van der Waals surface area contributed by atoms with Gasteiger partial charge in [-0.1, -0.05) is 0 Å². The fourth-order valence-corrected chi connectivity index (χ4v) is 5.45. The van der Waals surface area contributed by atoms with Crippen molar-refractivity contribution in [2.24, 2.45) is 0 Å². The number of hydrogen-bond donors (Lipinski definition) is 0. The lowest BCUT2D eigenvalue weighted by molar-refractivity contribution is -0.128. The van der Waals surface area contributed by atoms with Gasteiger partial charge in [-0.05, 0) is 55.1 Å². The number of thioether (sulfide) groups is 1. The van der Waals surface area contributed by atoms with Crippen molar-refractivity contribution in [1.82, 2.24) is 9.80 Å². The summed E-state index contributed by atoms with van der Waals surface area (Å²) in [6.45, 7) is 5.45. The molecule has 0 radical (unpaired) electrons. The topological polar surface area (TPSA) is 40.6 Å². The quantitative estimate of drug-likeness (QED) is 0.748. The molecule has 1 aliphatic heterocycles. The number of nitrogens with zero attached hydrogens (tertiary/aromatic N) is 2. The molecule has 7 heteroatoms. The predicted octanol–water partition coefficient (Wildman–Crippen LogP) is 3.93.